The normalized spacial score (nSPS) is 30.2. The number of carbonyl (C=O) groups is 1. The Labute approximate surface area is 144 Å². The van der Waals surface area contributed by atoms with Crippen molar-refractivity contribution in [3.63, 3.8) is 0 Å². The summed E-state index contributed by atoms with van der Waals surface area (Å²) in [6.45, 7) is 3.37. The third-order valence-corrected chi connectivity index (χ3v) is 5.75. The summed E-state index contributed by atoms with van der Waals surface area (Å²) in [6, 6.07) is 8.66. The number of carbonyl (C=O) groups excluding carboxylic acids is 1. The lowest BCUT2D eigenvalue weighted by atomic mass is 9.81. The highest BCUT2D eigenvalue weighted by atomic mass is 16.2. The molecule has 5 nitrogen and oxygen atoms in total. The first-order valence-corrected chi connectivity index (χ1v) is 9.43. The van der Waals surface area contributed by atoms with Gasteiger partial charge in [-0.3, -0.25) is 15.1 Å². The van der Waals surface area contributed by atoms with Crippen LogP contribution in [0.15, 0.2) is 24.3 Å². The first-order valence-electron chi connectivity index (χ1n) is 9.43. The number of likely N-dealkylation sites (tertiary alicyclic amines) is 1. The molecular weight excluding hydrogens is 300 g/mol. The van der Waals surface area contributed by atoms with Gasteiger partial charge in [-0.15, -0.1) is 0 Å². The highest BCUT2D eigenvalue weighted by molar-refractivity contribution is 5.95. The average Bonchev–Trinajstić information content (AvgIpc) is 3.24. The predicted octanol–water partition coefficient (Wildman–Crippen LogP) is 2.26. The van der Waals surface area contributed by atoms with Crippen molar-refractivity contribution >= 4 is 11.6 Å². The lowest BCUT2D eigenvalue weighted by Gasteiger charge is -2.26. The van der Waals surface area contributed by atoms with Gasteiger partial charge in [-0.2, -0.15) is 0 Å². The smallest absolute Gasteiger partial charge is 0.243 e. The number of rotatable bonds is 4. The molecule has 1 aliphatic carbocycles. The van der Waals surface area contributed by atoms with Crippen LogP contribution in [-0.4, -0.2) is 36.0 Å². The number of hydrogen-bond donors (Lipinski definition) is 3. The summed E-state index contributed by atoms with van der Waals surface area (Å²) >= 11 is 0. The maximum atomic E-state index is 12.7. The molecule has 0 radical (unpaired) electrons. The van der Waals surface area contributed by atoms with Crippen molar-refractivity contribution in [2.45, 2.75) is 57.2 Å². The molecule has 4 rings (SSSR count). The second kappa shape index (κ2) is 7.21. The Morgan fingerprint density at radius 2 is 1.96 bits per heavy atom. The van der Waals surface area contributed by atoms with Gasteiger partial charge in [0.25, 0.3) is 0 Å². The monoisotopic (exact) mass is 328 g/mol. The molecular formula is C19H28N4O. The fourth-order valence-electron chi connectivity index (χ4n) is 4.47. The Hall–Kier alpha value is -1.43. The maximum Gasteiger partial charge on any atom is 0.243 e. The first-order chi connectivity index (χ1) is 11.8. The molecule has 0 aromatic heterocycles. The second-order valence-corrected chi connectivity index (χ2v) is 7.49. The number of anilines is 1. The summed E-state index contributed by atoms with van der Waals surface area (Å²) in [4.78, 5) is 15.2. The minimum Gasteiger partial charge on any atom is -0.325 e. The Morgan fingerprint density at radius 3 is 2.83 bits per heavy atom. The van der Waals surface area contributed by atoms with E-state index in [4.69, 9.17) is 0 Å². The molecule has 1 amide bonds. The van der Waals surface area contributed by atoms with Crippen LogP contribution < -0.4 is 16.2 Å². The van der Waals surface area contributed by atoms with Crippen molar-refractivity contribution in [3.05, 3.63) is 29.8 Å². The number of amides is 1. The number of hydrazine groups is 1. The summed E-state index contributed by atoms with van der Waals surface area (Å²) in [5.41, 5.74) is 8.73. The van der Waals surface area contributed by atoms with Crippen molar-refractivity contribution in [1.29, 1.82) is 0 Å². The zero-order valence-electron chi connectivity index (χ0n) is 14.3. The van der Waals surface area contributed by atoms with E-state index < -0.39 is 0 Å². The van der Waals surface area contributed by atoms with Crippen molar-refractivity contribution in [2.24, 2.45) is 5.92 Å². The molecule has 2 heterocycles. The van der Waals surface area contributed by atoms with E-state index >= 15 is 0 Å². The van der Waals surface area contributed by atoms with Gasteiger partial charge in [-0.05, 0) is 56.5 Å². The van der Waals surface area contributed by atoms with Gasteiger partial charge < -0.3 is 5.32 Å². The molecule has 3 aliphatic rings. The largest absolute Gasteiger partial charge is 0.325 e. The molecule has 3 unspecified atom stereocenters. The van der Waals surface area contributed by atoms with E-state index in [1.807, 2.05) is 12.1 Å². The quantitative estimate of drug-likeness (QED) is 0.793. The average molecular weight is 328 g/mol. The van der Waals surface area contributed by atoms with Crippen LogP contribution >= 0.6 is 0 Å². The molecule has 0 bridgehead atoms. The summed E-state index contributed by atoms with van der Waals surface area (Å²) < 4.78 is 0. The highest BCUT2D eigenvalue weighted by Gasteiger charge is 2.40. The third-order valence-electron chi connectivity index (χ3n) is 5.75. The van der Waals surface area contributed by atoms with Crippen molar-refractivity contribution in [2.75, 3.05) is 18.4 Å². The lowest BCUT2D eigenvalue weighted by molar-refractivity contribution is -0.118. The van der Waals surface area contributed by atoms with Crippen LogP contribution in [0.5, 0.6) is 0 Å². The number of nitrogens with zero attached hydrogens (tertiary/aromatic N) is 1. The predicted molar refractivity (Wildman–Crippen MR) is 95.4 cm³/mol. The minimum atomic E-state index is -0.113. The molecule has 1 aromatic carbocycles. The van der Waals surface area contributed by atoms with Gasteiger partial charge in [-0.25, -0.2) is 5.43 Å². The zero-order valence-corrected chi connectivity index (χ0v) is 14.3. The summed E-state index contributed by atoms with van der Waals surface area (Å²) in [5.74, 6) is 0.516. The fraction of sp³-hybridized carbons (Fsp3) is 0.632. The van der Waals surface area contributed by atoms with Crippen LogP contribution in [0, 0.1) is 5.92 Å². The van der Waals surface area contributed by atoms with Gasteiger partial charge in [0.1, 0.15) is 6.04 Å². The van der Waals surface area contributed by atoms with E-state index in [1.54, 1.807) is 0 Å². The molecule has 1 saturated carbocycles. The Morgan fingerprint density at radius 1 is 1.12 bits per heavy atom. The standard InChI is InChI=1S/C19H28N4O/c24-19(18-16-8-1-2-9-17(16)21-22-18)20-15-7-5-6-14(12-15)13-23-10-3-4-11-23/h5-7,12,16-18,21-22H,1-4,8-11,13H2,(H,20,24). The summed E-state index contributed by atoms with van der Waals surface area (Å²) in [5, 5.41) is 3.12. The van der Waals surface area contributed by atoms with Gasteiger partial charge in [-0.1, -0.05) is 25.0 Å². The Bertz CT molecular complexity index is 584. The topological polar surface area (TPSA) is 56.4 Å². The first kappa shape index (κ1) is 16.1. The van der Waals surface area contributed by atoms with Crippen molar-refractivity contribution in [3.8, 4) is 0 Å². The van der Waals surface area contributed by atoms with Gasteiger partial charge in [0.15, 0.2) is 0 Å². The van der Waals surface area contributed by atoms with E-state index in [2.05, 4.69) is 33.2 Å². The zero-order chi connectivity index (χ0) is 16.4. The Kier molecular flexibility index (Phi) is 4.83. The van der Waals surface area contributed by atoms with Gasteiger partial charge in [0, 0.05) is 24.2 Å². The van der Waals surface area contributed by atoms with E-state index in [1.165, 1.54) is 50.8 Å². The van der Waals surface area contributed by atoms with Crippen molar-refractivity contribution in [1.82, 2.24) is 15.8 Å². The molecule has 130 valence electrons. The highest BCUT2D eigenvalue weighted by Crippen LogP contribution is 2.30. The van der Waals surface area contributed by atoms with Crippen LogP contribution in [0.4, 0.5) is 5.69 Å². The number of benzene rings is 1. The molecule has 3 atom stereocenters. The van der Waals surface area contributed by atoms with E-state index in [0.717, 1.165) is 18.7 Å². The van der Waals surface area contributed by atoms with E-state index in [0.29, 0.717) is 12.0 Å². The second-order valence-electron chi connectivity index (χ2n) is 7.49. The summed E-state index contributed by atoms with van der Waals surface area (Å²) in [7, 11) is 0. The van der Waals surface area contributed by atoms with E-state index in [9.17, 15) is 4.79 Å². The molecule has 2 saturated heterocycles. The molecule has 3 fully saturated rings. The number of nitrogens with one attached hydrogen (secondary N) is 3. The number of hydrogen-bond acceptors (Lipinski definition) is 4. The van der Waals surface area contributed by atoms with Crippen LogP contribution in [0.25, 0.3) is 0 Å². The summed E-state index contributed by atoms with van der Waals surface area (Å²) in [6.07, 6.45) is 7.42. The van der Waals surface area contributed by atoms with E-state index in [-0.39, 0.29) is 11.9 Å². The SMILES string of the molecule is O=C(Nc1cccc(CN2CCCC2)c1)C1NNC2CCCCC21. The maximum absolute atomic E-state index is 12.7. The van der Waals surface area contributed by atoms with Gasteiger partial charge in [0.05, 0.1) is 0 Å². The lowest BCUT2D eigenvalue weighted by Crippen LogP contribution is -2.42. The number of fused-ring (bicyclic) bond motifs is 1. The van der Waals surface area contributed by atoms with Gasteiger partial charge >= 0.3 is 0 Å². The van der Waals surface area contributed by atoms with Crippen LogP contribution in [-0.2, 0) is 11.3 Å². The molecule has 24 heavy (non-hydrogen) atoms. The van der Waals surface area contributed by atoms with Crippen LogP contribution in [0.3, 0.4) is 0 Å². The molecule has 2 aliphatic heterocycles. The minimum absolute atomic E-state index is 0.0928. The molecule has 1 aromatic rings. The Balaban J connectivity index is 1.38. The molecule has 5 heteroatoms. The van der Waals surface area contributed by atoms with Crippen LogP contribution in [0.2, 0.25) is 0 Å². The van der Waals surface area contributed by atoms with Gasteiger partial charge in [0.2, 0.25) is 5.91 Å². The molecule has 0 spiro atoms. The third kappa shape index (κ3) is 3.48. The van der Waals surface area contributed by atoms with Crippen molar-refractivity contribution < 1.29 is 4.79 Å². The fourth-order valence-corrected chi connectivity index (χ4v) is 4.47. The molecule has 3 N–H and O–H groups in total. The van der Waals surface area contributed by atoms with Crippen LogP contribution in [0.1, 0.15) is 44.1 Å².